The Morgan fingerprint density at radius 3 is 1.04 bits per heavy atom. The summed E-state index contributed by atoms with van der Waals surface area (Å²) >= 11 is 0.729. The molecule has 0 N–H and O–H groups in total. The standard InChI is InChI=1S/C29H41.C15H8F6.C5H5.Zr/c1-26(2,3)22-14-18-13-19-15-23(27(4,5)6)25(29(10,11)12)17-21(19)20(18)16-24(22)28(7,8)9;16-14(17,18)12-5-1-3-10(8-12)7-11-4-2-6-13(9-11)15(19,20)21;1-2-4-5-3-1;/h13-17H,1-12H3;1-6,8-9H;1-5H;/q-1;;-1;+2. The van der Waals surface area contributed by atoms with Crippen molar-refractivity contribution in [2.75, 3.05) is 0 Å². The van der Waals surface area contributed by atoms with Gasteiger partial charge in [-0.1, -0.05) is 117 Å². The van der Waals surface area contributed by atoms with Gasteiger partial charge in [-0.2, -0.15) is 18.2 Å². The Kier molecular flexibility index (Phi) is 13.2. The zero-order valence-corrected chi connectivity index (χ0v) is 37.1. The summed E-state index contributed by atoms with van der Waals surface area (Å²) in [6, 6.07) is 31.5. The summed E-state index contributed by atoms with van der Waals surface area (Å²) in [5.74, 6) is 0. The van der Waals surface area contributed by atoms with E-state index in [9.17, 15) is 26.3 Å². The minimum absolute atomic E-state index is 0.124. The van der Waals surface area contributed by atoms with Crippen molar-refractivity contribution in [1.82, 2.24) is 0 Å². The minimum Gasteiger partial charge on any atom is -0.214 e. The monoisotopic (exact) mass is 846 g/mol. The molecule has 6 aromatic rings. The van der Waals surface area contributed by atoms with E-state index in [0.717, 1.165) is 48.5 Å². The number of benzene rings is 4. The number of hydrogen-bond donors (Lipinski definition) is 0. The van der Waals surface area contributed by atoms with Gasteiger partial charge in [0.1, 0.15) is 0 Å². The molecule has 0 aliphatic rings. The predicted octanol–water partition coefficient (Wildman–Crippen LogP) is 15.1. The second-order valence-electron chi connectivity index (χ2n) is 18.6. The molecular weight excluding hydrogens is 794 g/mol. The van der Waals surface area contributed by atoms with E-state index < -0.39 is 23.5 Å². The molecule has 7 heteroatoms. The Morgan fingerprint density at radius 1 is 0.446 bits per heavy atom. The molecule has 6 aromatic carbocycles. The number of rotatable bonds is 2. The topological polar surface area (TPSA) is 0 Å². The van der Waals surface area contributed by atoms with Crippen molar-refractivity contribution >= 4 is 24.8 Å². The van der Waals surface area contributed by atoms with Gasteiger partial charge < -0.3 is 0 Å². The number of halogens is 6. The molecule has 0 amide bonds. The van der Waals surface area contributed by atoms with Crippen molar-refractivity contribution < 1.29 is 50.6 Å². The van der Waals surface area contributed by atoms with Crippen LogP contribution >= 0.6 is 0 Å². The molecule has 0 fully saturated rings. The molecule has 0 spiro atoms. The number of alkyl halides is 6. The Bertz CT molecular complexity index is 2100. The van der Waals surface area contributed by atoms with Gasteiger partial charge in [0.2, 0.25) is 0 Å². The van der Waals surface area contributed by atoms with Crippen LogP contribution in [0.4, 0.5) is 26.3 Å². The van der Waals surface area contributed by atoms with E-state index in [4.69, 9.17) is 0 Å². The average molecular weight is 848 g/mol. The van der Waals surface area contributed by atoms with Crippen LogP contribution in [0, 0.1) is 0 Å². The number of hydrogen-bond acceptors (Lipinski definition) is 0. The first-order valence-electron chi connectivity index (χ1n) is 18.8. The van der Waals surface area contributed by atoms with E-state index in [2.05, 4.69) is 113 Å². The fraction of sp³-hybridized carbons (Fsp3) is 0.367. The fourth-order valence-corrected chi connectivity index (χ4v) is 7.54. The van der Waals surface area contributed by atoms with Crippen LogP contribution in [0.5, 0.6) is 0 Å². The van der Waals surface area contributed by atoms with E-state index in [1.54, 1.807) is 0 Å². The van der Waals surface area contributed by atoms with Gasteiger partial charge in [0.15, 0.2) is 0 Å². The molecule has 0 aliphatic heterocycles. The van der Waals surface area contributed by atoms with Crippen LogP contribution < -0.4 is 0 Å². The van der Waals surface area contributed by atoms with Gasteiger partial charge in [-0.3, -0.25) is 0 Å². The van der Waals surface area contributed by atoms with Crippen molar-refractivity contribution in [1.29, 1.82) is 0 Å². The predicted molar refractivity (Wildman–Crippen MR) is 220 cm³/mol. The van der Waals surface area contributed by atoms with Gasteiger partial charge in [0, 0.05) is 0 Å². The molecule has 0 saturated carbocycles. The molecule has 0 radical (unpaired) electrons. The fourth-order valence-electron chi connectivity index (χ4n) is 6.78. The largest absolute Gasteiger partial charge is 0.214 e. The van der Waals surface area contributed by atoms with E-state index in [1.807, 2.05) is 30.3 Å². The molecule has 56 heavy (non-hydrogen) atoms. The molecule has 0 heterocycles. The zero-order chi connectivity index (χ0) is 42.2. The number of fused-ring (bicyclic) bond motifs is 3. The van der Waals surface area contributed by atoms with Crippen LogP contribution in [0.2, 0.25) is 0 Å². The second kappa shape index (κ2) is 16.4. The maximum absolute atomic E-state index is 12.7. The molecule has 0 atom stereocenters. The van der Waals surface area contributed by atoms with Crippen LogP contribution in [0.3, 0.4) is 0 Å². The molecule has 0 nitrogen and oxygen atoms in total. The summed E-state index contributed by atoms with van der Waals surface area (Å²) in [5.41, 5.74) is 5.30. The van der Waals surface area contributed by atoms with Gasteiger partial charge in [0.25, 0.3) is 0 Å². The molecule has 0 aliphatic carbocycles. The first-order valence-corrected chi connectivity index (χ1v) is 20.1. The average Bonchev–Trinajstić information content (AvgIpc) is 3.77. The molecular formula is C49H54F6Zr. The van der Waals surface area contributed by atoms with E-state index in [-0.39, 0.29) is 32.8 Å². The molecule has 6 rings (SSSR count). The van der Waals surface area contributed by atoms with E-state index in [1.165, 1.54) is 68.1 Å². The summed E-state index contributed by atoms with van der Waals surface area (Å²) in [7, 11) is 0. The zero-order valence-electron chi connectivity index (χ0n) is 34.7. The van der Waals surface area contributed by atoms with Crippen molar-refractivity contribution in [3.8, 4) is 0 Å². The minimum atomic E-state index is -4.49. The normalized spacial score (nSPS) is 12.9. The van der Waals surface area contributed by atoms with Crippen molar-refractivity contribution in [3.05, 3.63) is 154 Å². The third kappa shape index (κ3) is 11.1. The molecule has 0 aromatic heterocycles. The first kappa shape index (κ1) is 45.1. The molecule has 0 saturated heterocycles. The Morgan fingerprint density at radius 2 is 0.768 bits per heavy atom. The van der Waals surface area contributed by atoms with Gasteiger partial charge in [-0.15, -0.1) is 39.7 Å². The first-order chi connectivity index (χ1) is 25.5. The Hall–Kier alpha value is -3.57. The SMILES string of the molecule is CC(C)(C)c1cc2[cH-]c3cc(C(C)(C)C)c(C(C)(C)C)cc3c2cc1C(C)(C)C.FC(F)(F)c1cccc([C](=[Zr+2])c2cccc(C(F)(F)F)c2)c1.c1cc[cH-]c1. The summed E-state index contributed by atoms with van der Waals surface area (Å²) in [5, 5.41) is 5.57. The second-order valence-corrected chi connectivity index (χ2v) is 19.8. The summed E-state index contributed by atoms with van der Waals surface area (Å²) in [6.07, 6.45) is -8.97. The van der Waals surface area contributed by atoms with Gasteiger partial charge in [-0.05, 0) is 21.7 Å². The third-order valence-corrected chi connectivity index (χ3v) is 11.1. The van der Waals surface area contributed by atoms with E-state index in [0.29, 0.717) is 3.21 Å². The Labute approximate surface area is 344 Å². The van der Waals surface area contributed by atoms with E-state index >= 15 is 0 Å². The summed E-state index contributed by atoms with van der Waals surface area (Å²) < 4.78 is 76.7. The van der Waals surface area contributed by atoms with Crippen LogP contribution in [-0.2, 0) is 58.2 Å². The maximum atomic E-state index is 12.7. The van der Waals surface area contributed by atoms with Gasteiger partial charge in [0.05, 0.1) is 0 Å². The van der Waals surface area contributed by atoms with Crippen molar-refractivity contribution in [2.24, 2.45) is 0 Å². The van der Waals surface area contributed by atoms with Gasteiger partial charge in [-0.25, -0.2) is 12.1 Å². The Balaban J connectivity index is 0.000000227. The van der Waals surface area contributed by atoms with Crippen LogP contribution in [-0.4, -0.2) is 3.21 Å². The maximum Gasteiger partial charge on any atom is -0.172 e. The smallest absolute Gasteiger partial charge is 0.172 e. The van der Waals surface area contributed by atoms with Crippen molar-refractivity contribution in [3.63, 3.8) is 0 Å². The molecule has 0 unspecified atom stereocenters. The third-order valence-electron chi connectivity index (χ3n) is 9.73. The quantitative estimate of drug-likeness (QED) is 0.120. The van der Waals surface area contributed by atoms with Crippen LogP contribution in [0.25, 0.3) is 21.5 Å². The summed E-state index contributed by atoms with van der Waals surface area (Å²) in [6.45, 7) is 28.0. The van der Waals surface area contributed by atoms with Crippen LogP contribution in [0.1, 0.15) is 128 Å². The molecule has 296 valence electrons. The summed E-state index contributed by atoms with van der Waals surface area (Å²) in [4.78, 5) is 0. The van der Waals surface area contributed by atoms with Gasteiger partial charge >= 0.3 is 137 Å². The van der Waals surface area contributed by atoms with Crippen molar-refractivity contribution in [2.45, 2.75) is 117 Å². The molecule has 0 bridgehead atoms. The van der Waals surface area contributed by atoms with Crippen LogP contribution in [0.15, 0.2) is 109 Å².